The third-order valence-corrected chi connectivity index (χ3v) is 3.13. The molecule has 1 aliphatic rings. The zero-order valence-electron chi connectivity index (χ0n) is 7.19. The first-order chi connectivity index (χ1) is 6.25. The molecule has 0 spiro atoms. The van der Waals surface area contributed by atoms with Crippen LogP contribution in [-0.2, 0) is 0 Å². The van der Waals surface area contributed by atoms with Gasteiger partial charge in [0.25, 0.3) is 0 Å². The summed E-state index contributed by atoms with van der Waals surface area (Å²) in [6, 6.07) is 5.81. The molecule has 1 N–H and O–H groups in total. The van der Waals surface area contributed by atoms with Gasteiger partial charge < -0.3 is 5.32 Å². The molecule has 1 nitrogen and oxygen atoms in total. The topological polar surface area (TPSA) is 12.0 Å². The number of hydrogen-bond acceptors (Lipinski definition) is 1. The summed E-state index contributed by atoms with van der Waals surface area (Å²) in [6.45, 7) is 1.07. The summed E-state index contributed by atoms with van der Waals surface area (Å²) in [4.78, 5) is 0. The second-order valence-electron chi connectivity index (χ2n) is 3.45. The second-order valence-corrected chi connectivity index (χ2v) is 4.74. The molecule has 0 radical (unpaired) electrons. The first kappa shape index (κ1) is 9.35. The van der Waals surface area contributed by atoms with E-state index < -0.39 is 0 Å². The van der Waals surface area contributed by atoms with Crippen molar-refractivity contribution >= 4 is 33.2 Å². The first-order valence-corrected chi connectivity index (χ1v) is 5.62. The summed E-state index contributed by atoms with van der Waals surface area (Å²) in [7, 11) is 0. The average Bonchev–Trinajstić information content (AvgIpc) is 2.90. The fraction of sp³-hybridized carbons (Fsp3) is 0.400. The molecule has 0 bridgehead atoms. The van der Waals surface area contributed by atoms with Gasteiger partial charge in [0.05, 0.1) is 0 Å². The molecule has 70 valence electrons. The van der Waals surface area contributed by atoms with E-state index in [9.17, 15) is 0 Å². The SMILES string of the molecule is Clc1ccc(Br)c(NCC2CC2)c1. The lowest BCUT2D eigenvalue weighted by molar-refractivity contribution is 0.888. The van der Waals surface area contributed by atoms with Gasteiger partial charge in [-0.15, -0.1) is 0 Å². The number of hydrogen-bond donors (Lipinski definition) is 1. The summed E-state index contributed by atoms with van der Waals surface area (Å²) >= 11 is 9.37. The minimum absolute atomic E-state index is 0.779. The maximum Gasteiger partial charge on any atom is 0.0499 e. The molecule has 0 unspecified atom stereocenters. The molecule has 0 aliphatic heterocycles. The Morgan fingerprint density at radius 2 is 2.23 bits per heavy atom. The molecule has 1 aromatic rings. The molecular formula is C10H11BrClN. The lowest BCUT2D eigenvalue weighted by Gasteiger charge is -2.07. The Labute approximate surface area is 91.6 Å². The third-order valence-electron chi connectivity index (χ3n) is 2.21. The van der Waals surface area contributed by atoms with E-state index in [-0.39, 0.29) is 0 Å². The molecule has 0 heterocycles. The van der Waals surface area contributed by atoms with Crippen LogP contribution in [0.5, 0.6) is 0 Å². The van der Waals surface area contributed by atoms with Crippen LogP contribution in [0.25, 0.3) is 0 Å². The number of rotatable bonds is 3. The molecule has 1 fully saturated rings. The molecule has 3 heteroatoms. The zero-order chi connectivity index (χ0) is 9.26. The van der Waals surface area contributed by atoms with Gasteiger partial charge in [-0.3, -0.25) is 0 Å². The molecule has 0 atom stereocenters. The Bertz CT molecular complexity index is 310. The predicted octanol–water partition coefficient (Wildman–Crippen LogP) is 3.92. The summed E-state index contributed by atoms with van der Waals surface area (Å²) in [5, 5.41) is 4.16. The number of benzene rings is 1. The van der Waals surface area contributed by atoms with Crippen LogP contribution in [-0.4, -0.2) is 6.54 Å². The molecule has 2 rings (SSSR count). The normalized spacial score (nSPS) is 15.8. The van der Waals surface area contributed by atoms with E-state index in [4.69, 9.17) is 11.6 Å². The van der Waals surface area contributed by atoms with Crippen molar-refractivity contribution in [1.29, 1.82) is 0 Å². The summed E-state index contributed by atoms with van der Waals surface area (Å²) in [6.07, 6.45) is 2.73. The summed E-state index contributed by atoms with van der Waals surface area (Å²) in [5.74, 6) is 0.880. The molecule has 0 amide bonds. The van der Waals surface area contributed by atoms with Crippen molar-refractivity contribution < 1.29 is 0 Å². The summed E-state index contributed by atoms with van der Waals surface area (Å²) in [5.41, 5.74) is 1.10. The van der Waals surface area contributed by atoms with Gasteiger partial charge >= 0.3 is 0 Å². The Hall–Kier alpha value is -0.210. The van der Waals surface area contributed by atoms with Crippen molar-refractivity contribution in [3.05, 3.63) is 27.7 Å². The van der Waals surface area contributed by atoms with Crippen molar-refractivity contribution in [2.75, 3.05) is 11.9 Å². The quantitative estimate of drug-likeness (QED) is 0.868. The van der Waals surface area contributed by atoms with E-state index in [1.807, 2.05) is 18.2 Å². The van der Waals surface area contributed by atoms with E-state index in [1.165, 1.54) is 12.8 Å². The van der Waals surface area contributed by atoms with Crippen LogP contribution in [0.4, 0.5) is 5.69 Å². The predicted molar refractivity (Wildman–Crippen MR) is 60.4 cm³/mol. The highest BCUT2D eigenvalue weighted by atomic mass is 79.9. The molecule has 1 aliphatic carbocycles. The van der Waals surface area contributed by atoms with Crippen molar-refractivity contribution in [2.45, 2.75) is 12.8 Å². The Morgan fingerprint density at radius 3 is 2.92 bits per heavy atom. The van der Waals surface area contributed by atoms with Crippen LogP contribution in [0.15, 0.2) is 22.7 Å². The van der Waals surface area contributed by atoms with Gasteiger partial charge in [-0.25, -0.2) is 0 Å². The first-order valence-electron chi connectivity index (χ1n) is 4.44. The maximum absolute atomic E-state index is 5.89. The highest BCUT2D eigenvalue weighted by Crippen LogP contribution is 2.31. The van der Waals surface area contributed by atoms with Crippen molar-refractivity contribution in [3.63, 3.8) is 0 Å². The average molecular weight is 261 g/mol. The van der Waals surface area contributed by atoms with Crippen molar-refractivity contribution in [1.82, 2.24) is 0 Å². The van der Waals surface area contributed by atoms with Gasteiger partial charge in [-0.2, -0.15) is 0 Å². The molecule has 1 aromatic carbocycles. The number of nitrogens with one attached hydrogen (secondary N) is 1. The lowest BCUT2D eigenvalue weighted by atomic mass is 10.3. The molecular weight excluding hydrogens is 249 g/mol. The lowest BCUT2D eigenvalue weighted by Crippen LogP contribution is -2.03. The standard InChI is InChI=1S/C10H11BrClN/c11-9-4-3-8(12)5-10(9)13-6-7-1-2-7/h3-5,7,13H,1-2,6H2. The van der Waals surface area contributed by atoms with Crippen molar-refractivity contribution in [2.24, 2.45) is 5.92 Å². The van der Waals surface area contributed by atoms with Crippen LogP contribution in [0.2, 0.25) is 5.02 Å². The molecule has 1 saturated carbocycles. The van der Waals surface area contributed by atoms with Crippen molar-refractivity contribution in [3.8, 4) is 0 Å². The third kappa shape index (κ3) is 2.61. The minimum atomic E-state index is 0.779. The fourth-order valence-electron chi connectivity index (χ4n) is 1.21. The van der Waals surface area contributed by atoms with E-state index in [1.54, 1.807) is 0 Å². The van der Waals surface area contributed by atoms with Crippen LogP contribution in [0.3, 0.4) is 0 Å². The van der Waals surface area contributed by atoms with E-state index >= 15 is 0 Å². The maximum atomic E-state index is 5.89. The fourth-order valence-corrected chi connectivity index (χ4v) is 1.77. The highest BCUT2D eigenvalue weighted by Gasteiger charge is 2.20. The Kier molecular flexibility index (Phi) is 2.80. The van der Waals surface area contributed by atoms with E-state index in [0.717, 1.165) is 27.6 Å². The van der Waals surface area contributed by atoms with Gasteiger partial charge in [-0.1, -0.05) is 11.6 Å². The molecule has 13 heavy (non-hydrogen) atoms. The van der Waals surface area contributed by atoms with E-state index in [2.05, 4.69) is 21.2 Å². The highest BCUT2D eigenvalue weighted by molar-refractivity contribution is 9.10. The van der Waals surface area contributed by atoms with Gasteiger partial charge in [0.15, 0.2) is 0 Å². The van der Waals surface area contributed by atoms with Gasteiger partial charge in [-0.05, 0) is 52.9 Å². The van der Waals surface area contributed by atoms with Gasteiger partial charge in [0.1, 0.15) is 0 Å². The number of halogens is 2. The van der Waals surface area contributed by atoms with Crippen LogP contribution in [0, 0.1) is 5.92 Å². The smallest absolute Gasteiger partial charge is 0.0499 e. The zero-order valence-corrected chi connectivity index (χ0v) is 9.53. The Morgan fingerprint density at radius 1 is 1.46 bits per heavy atom. The van der Waals surface area contributed by atoms with Crippen LogP contribution < -0.4 is 5.32 Å². The molecule has 0 saturated heterocycles. The minimum Gasteiger partial charge on any atom is -0.384 e. The van der Waals surface area contributed by atoms with Crippen LogP contribution >= 0.6 is 27.5 Å². The summed E-state index contributed by atoms with van der Waals surface area (Å²) < 4.78 is 1.08. The number of anilines is 1. The van der Waals surface area contributed by atoms with Crippen LogP contribution in [0.1, 0.15) is 12.8 Å². The second kappa shape index (κ2) is 3.89. The monoisotopic (exact) mass is 259 g/mol. The largest absolute Gasteiger partial charge is 0.384 e. The molecule has 0 aromatic heterocycles. The van der Waals surface area contributed by atoms with Gasteiger partial charge in [0, 0.05) is 21.7 Å². The Balaban J connectivity index is 2.03. The van der Waals surface area contributed by atoms with Gasteiger partial charge in [0.2, 0.25) is 0 Å². The van der Waals surface area contributed by atoms with E-state index in [0.29, 0.717) is 0 Å².